The van der Waals surface area contributed by atoms with Gasteiger partial charge in [-0.1, -0.05) is 12.1 Å². The smallest absolute Gasteiger partial charge is 0.222 e. The lowest BCUT2D eigenvalue weighted by Gasteiger charge is -2.20. The minimum absolute atomic E-state index is 0.125. The molecule has 1 amide bonds. The second kappa shape index (κ2) is 8.53. The number of hydrogen-bond donors (Lipinski definition) is 1. The number of aliphatic hydroxyl groups excluding tert-OH is 1. The summed E-state index contributed by atoms with van der Waals surface area (Å²) in [6.45, 7) is 3.40. The fraction of sp³-hybridized carbons (Fsp3) is 0.533. The van der Waals surface area contributed by atoms with Crippen LogP contribution >= 0.6 is 0 Å². The first-order valence-electron chi connectivity index (χ1n) is 6.72. The topological polar surface area (TPSA) is 49.8 Å². The quantitative estimate of drug-likeness (QED) is 0.780. The van der Waals surface area contributed by atoms with Crippen LogP contribution in [0.2, 0.25) is 0 Å². The zero-order chi connectivity index (χ0) is 14.1. The number of carbonyl (C=O) groups excluding carboxylic acids is 1. The molecule has 1 N–H and O–H groups in total. The lowest BCUT2D eigenvalue weighted by molar-refractivity contribution is -0.131. The summed E-state index contributed by atoms with van der Waals surface area (Å²) in [6.07, 6.45) is 1.84. The van der Waals surface area contributed by atoms with Gasteiger partial charge in [0.15, 0.2) is 0 Å². The molecule has 4 heteroatoms. The number of rotatable bonds is 8. The van der Waals surface area contributed by atoms with E-state index in [1.165, 1.54) is 0 Å². The lowest BCUT2D eigenvalue weighted by Crippen LogP contribution is -2.32. The normalized spacial score (nSPS) is 10.3. The Bertz CT molecular complexity index is 393. The van der Waals surface area contributed by atoms with E-state index >= 15 is 0 Å². The van der Waals surface area contributed by atoms with Gasteiger partial charge in [0.2, 0.25) is 5.91 Å². The van der Waals surface area contributed by atoms with Crippen molar-refractivity contribution in [3.05, 3.63) is 29.8 Å². The molecule has 1 aromatic carbocycles. The van der Waals surface area contributed by atoms with E-state index in [0.717, 1.165) is 11.3 Å². The first-order chi connectivity index (χ1) is 9.21. The number of amides is 1. The van der Waals surface area contributed by atoms with Gasteiger partial charge in [-0.15, -0.1) is 0 Å². The molecule has 0 spiro atoms. The number of hydrogen-bond acceptors (Lipinski definition) is 3. The van der Waals surface area contributed by atoms with Gasteiger partial charge in [-0.3, -0.25) is 4.79 Å². The summed E-state index contributed by atoms with van der Waals surface area (Å²) in [5.41, 5.74) is 1.10. The van der Waals surface area contributed by atoms with E-state index < -0.39 is 0 Å². The Kier molecular flexibility index (Phi) is 6.97. The Morgan fingerprint density at radius 2 is 2.21 bits per heavy atom. The van der Waals surface area contributed by atoms with Crippen LogP contribution in [0.4, 0.5) is 0 Å². The second-order valence-corrected chi connectivity index (χ2v) is 4.40. The molecule has 0 heterocycles. The Morgan fingerprint density at radius 1 is 1.42 bits per heavy atom. The van der Waals surface area contributed by atoms with Gasteiger partial charge in [0.25, 0.3) is 0 Å². The fourth-order valence-corrected chi connectivity index (χ4v) is 1.96. The van der Waals surface area contributed by atoms with Gasteiger partial charge < -0.3 is 14.7 Å². The van der Waals surface area contributed by atoms with E-state index in [9.17, 15) is 4.79 Å². The molecule has 0 saturated heterocycles. The fourth-order valence-electron chi connectivity index (χ4n) is 1.96. The highest BCUT2D eigenvalue weighted by Gasteiger charge is 2.11. The largest absolute Gasteiger partial charge is 0.497 e. The summed E-state index contributed by atoms with van der Waals surface area (Å²) in [5, 5.41) is 8.81. The molecular weight excluding hydrogens is 242 g/mol. The summed E-state index contributed by atoms with van der Waals surface area (Å²) in [5.74, 6) is 0.955. The monoisotopic (exact) mass is 265 g/mol. The molecule has 0 aromatic heterocycles. The van der Waals surface area contributed by atoms with Crippen molar-refractivity contribution < 1.29 is 14.6 Å². The predicted molar refractivity (Wildman–Crippen MR) is 75.3 cm³/mol. The van der Waals surface area contributed by atoms with Crippen molar-refractivity contribution in [3.63, 3.8) is 0 Å². The Hall–Kier alpha value is -1.55. The van der Waals surface area contributed by atoms with E-state index in [1.54, 1.807) is 12.0 Å². The van der Waals surface area contributed by atoms with E-state index in [2.05, 4.69) is 0 Å². The number of aryl methyl sites for hydroxylation is 1. The third-order valence-corrected chi connectivity index (χ3v) is 3.08. The van der Waals surface area contributed by atoms with Gasteiger partial charge >= 0.3 is 0 Å². The summed E-state index contributed by atoms with van der Waals surface area (Å²) in [7, 11) is 1.64. The maximum Gasteiger partial charge on any atom is 0.222 e. The van der Waals surface area contributed by atoms with E-state index in [-0.39, 0.29) is 12.5 Å². The van der Waals surface area contributed by atoms with Gasteiger partial charge in [0.1, 0.15) is 5.75 Å². The maximum atomic E-state index is 12.0. The molecule has 0 aliphatic heterocycles. The molecule has 0 unspecified atom stereocenters. The van der Waals surface area contributed by atoms with Crippen molar-refractivity contribution in [2.24, 2.45) is 0 Å². The Morgan fingerprint density at radius 3 is 2.84 bits per heavy atom. The second-order valence-electron chi connectivity index (χ2n) is 4.40. The molecule has 0 bridgehead atoms. The molecule has 4 nitrogen and oxygen atoms in total. The van der Waals surface area contributed by atoms with Crippen molar-refractivity contribution in [1.82, 2.24) is 4.90 Å². The molecule has 19 heavy (non-hydrogen) atoms. The van der Waals surface area contributed by atoms with Gasteiger partial charge in [0.05, 0.1) is 7.11 Å². The Balaban J connectivity index is 2.47. The molecule has 0 aliphatic carbocycles. The van der Waals surface area contributed by atoms with Gasteiger partial charge in [-0.05, 0) is 37.5 Å². The van der Waals surface area contributed by atoms with Crippen molar-refractivity contribution in [2.75, 3.05) is 26.8 Å². The minimum Gasteiger partial charge on any atom is -0.497 e. The molecule has 106 valence electrons. The van der Waals surface area contributed by atoms with Crippen LogP contribution in [0, 0.1) is 0 Å². The number of carbonyl (C=O) groups is 1. The highest BCUT2D eigenvalue weighted by Crippen LogP contribution is 2.14. The molecule has 1 rings (SSSR count). The summed E-state index contributed by atoms with van der Waals surface area (Å²) < 4.78 is 5.16. The van der Waals surface area contributed by atoms with Crippen molar-refractivity contribution >= 4 is 5.91 Å². The number of benzene rings is 1. The summed E-state index contributed by atoms with van der Waals surface area (Å²) >= 11 is 0. The zero-order valence-corrected chi connectivity index (χ0v) is 11.8. The Labute approximate surface area is 115 Å². The number of nitrogens with zero attached hydrogens (tertiary/aromatic N) is 1. The standard InChI is InChI=1S/C15H23NO3/c1-3-16(10-5-11-17)15(18)9-8-13-6-4-7-14(12-13)19-2/h4,6-7,12,17H,3,5,8-11H2,1-2H3. The van der Waals surface area contributed by atoms with Crippen LogP contribution in [0.25, 0.3) is 0 Å². The summed E-state index contributed by atoms with van der Waals surface area (Å²) in [6, 6.07) is 7.78. The van der Waals surface area contributed by atoms with E-state index in [1.807, 2.05) is 31.2 Å². The number of aliphatic hydroxyl groups is 1. The van der Waals surface area contributed by atoms with Crippen LogP contribution in [0.3, 0.4) is 0 Å². The first-order valence-corrected chi connectivity index (χ1v) is 6.72. The van der Waals surface area contributed by atoms with Crippen LogP contribution in [0.5, 0.6) is 5.75 Å². The maximum absolute atomic E-state index is 12.0. The third kappa shape index (κ3) is 5.30. The van der Waals surface area contributed by atoms with Crippen LogP contribution in [0.15, 0.2) is 24.3 Å². The third-order valence-electron chi connectivity index (χ3n) is 3.08. The average molecular weight is 265 g/mol. The van der Waals surface area contributed by atoms with Crippen LogP contribution in [0.1, 0.15) is 25.3 Å². The predicted octanol–water partition coefficient (Wildman–Crippen LogP) is 1.86. The molecule has 0 atom stereocenters. The highest BCUT2D eigenvalue weighted by molar-refractivity contribution is 5.76. The minimum atomic E-state index is 0.125. The first kappa shape index (κ1) is 15.5. The van der Waals surface area contributed by atoms with Crippen LogP contribution in [-0.4, -0.2) is 42.7 Å². The van der Waals surface area contributed by atoms with E-state index in [0.29, 0.717) is 32.4 Å². The van der Waals surface area contributed by atoms with Gasteiger partial charge in [-0.25, -0.2) is 0 Å². The average Bonchev–Trinajstić information content (AvgIpc) is 2.46. The molecule has 0 saturated carbocycles. The van der Waals surface area contributed by atoms with Crippen LogP contribution < -0.4 is 4.74 Å². The van der Waals surface area contributed by atoms with E-state index in [4.69, 9.17) is 9.84 Å². The molecule has 0 radical (unpaired) electrons. The summed E-state index contributed by atoms with van der Waals surface area (Å²) in [4.78, 5) is 13.8. The number of methoxy groups -OCH3 is 1. The number of ether oxygens (including phenoxy) is 1. The van der Waals surface area contributed by atoms with Crippen LogP contribution in [-0.2, 0) is 11.2 Å². The van der Waals surface area contributed by atoms with Crippen molar-refractivity contribution in [2.45, 2.75) is 26.2 Å². The zero-order valence-electron chi connectivity index (χ0n) is 11.8. The lowest BCUT2D eigenvalue weighted by atomic mass is 10.1. The van der Waals surface area contributed by atoms with Crippen molar-refractivity contribution in [3.8, 4) is 5.75 Å². The SMILES string of the molecule is CCN(CCCO)C(=O)CCc1cccc(OC)c1. The van der Waals surface area contributed by atoms with Crippen molar-refractivity contribution in [1.29, 1.82) is 0 Å². The molecule has 0 fully saturated rings. The molecule has 0 aliphatic rings. The highest BCUT2D eigenvalue weighted by atomic mass is 16.5. The van der Waals surface area contributed by atoms with Gasteiger partial charge in [0, 0.05) is 26.1 Å². The molecule has 1 aromatic rings. The van der Waals surface area contributed by atoms with Gasteiger partial charge in [-0.2, -0.15) is 0 Å². The molecular formula is C15H23NO3.